The van der Waals surface area contributed by atoms with E-state index in [0.29, 0.717) is 21.7 Å². The minimum absolute atomic E-state index is 0.286. The minimum Gasteiger partial charge on any atom is -0.318 e. The molecule has 5 nitrogen and oxygen atoms in total. The quantitative estimate of drug-likeness (QED) is 0.576. The van der Waals surface area contributed by atoms with Crippen molar-refractivity contribution >= 4 is 46.4 Å². The summed E-state index contributed by atoms with van der Waals surface area (Å²) in [5.74, 6) is -0.956. The van der Waals surface area contributed by atoms with E-state index in [-0.39, 0.29) is 5.41 Å². The van der Waals surface area contributed by atoms with Gasteiger partial charge in [-0.05, 0) is 55.2 Å². The Kier molecular flexibility index (Phi) is 6.47. The number of halogens is 2. The van der Waals surface area contributed by atoms with Crippen LogP contribution in [0.1, 0.15) is 46.5 Å². The van der Waals surface area contributed by atoms with Gasteiger partial charge in [0, 0.05) is 11.4 Å². The van der Waals surface area contributed by atoms with Crippen molar-refractivity contribution in [1.82, 2.24) is 5.43 Å². The summed E-state index contributed by atoms with van der Waals surface area (Å²) in [6.07, 6.45) is 3.79. The van der Waals surface area contributed by atoms with E-state index in [2.05, 4.69) is 36.6 Å². The Labute approximate surface area is 158 Å². The molecule has 0 aliphatic heterocycles. The highest BCUT2D eigenvalue weighted by atomic mass is 35.5. The van der Waals surface area contributed by atoms with E-state index in [1.807, 2.05) is 0 Å². The zero-order valence-corrected chi connectivity index (χ0v) is 16.2. The van der Waals surface area contributed by atoms with E-state index in [9.17, 15) is 9.59 Å². The molecular weight excluding hydrogens is 361 g/mol. The Bertz CT molecular complexity index is 686. The predicted octanol–water partition coefficient (Wildman–Crippen LogP) is 4.64. The number of hydrogen-bond acceptors (Lipinski definition) is 3. The summed E-state index contributed by atoms with van der Waals surface area (Å²) in [7, 11) is 0. The van der Waals surface area contributed by atoms with Gasteiger partial charge in [-0.1, -0.05) is 44.0 Å². The first-order valence-corrected chi connectivity index (χ1v) is 9.04. The minimum atomic E-state index is -0.809. The van der Waals surface area contributed by atoms with Crippen molar-refractivity contribution in [2.24, 2.45) is 16.4 Å². The number of amides is 2. The van der Waals surface area contributed by atoms with Crippen LogP contribution in [-0.2, 0) is 9.59 Å². The average molecular weight is 384 g/mol. The summed E-state index contributed by atoms with van der Waals surface area (Å²) in [6.45, 7) is 6.73. The highest BCUT2D eigenvalue weighted by Crippen LogP contribution is 2.36. The van der Waals surface area contributed by atoms with Gasteiger partial charge in [-0.2, -0.15) is 5.10 Å². The molecule has 2 N–H and O–H groups in total. The lowest BCUT2D eigenvalue weighted by Crippen LogP contribution is -2.34. The molecular formula is C18H23Cl2N3O2. The fourth-order valence-corrected chi connectivity index (χ4v) is 3.17. The molecule has 0 atom stereocenters. The lowest BCUT2D eigenvalue weighted by molar-refractivity contribution is -0.136. The molecule has 2 amide bonds. The van der Waals surface area contributed by atoms with Gasteiger partial charge in [0.2, 0.25) is 0 Å². The van der Waals surface area contributed by atoms with Crippen LogP contribution < -0.4 is 10.7 Å². The van der Waals surface area contributed by atoms with Gasteiger partial charge in [-0.25, -0.2) is 5.43 Å². The van der Waals surface area contributed by atoms with Crippen molar-refractivity contribution in [1.29, 1.82) is 0 Å². The van der Waals surface area contributed by atoms with Gasteiger partial charge >= 0.3 is 11.8 Å². The lowest BCUT2D eigenvalue weighted by Gasteiger charge is -2.34. The zero-order valence-electron chi connectivity index (χ0n) is 14.7. The molecule has 1 fully saturated rings. The van der Waals surface area contributed by atoms with Crippen LogP contribution in [0.4, 0.5) is 5.69 Å². The van der Waals surface area contributed by atoms with Crippen LogP contribution in [0, 0.1) is 11.3 Å². The van der Waals surface area contributed by atoms with Crippen LogP contribution in [0.3, 0.4) is 0 Å². The van der Waals surface area contributed by atoms with E-state index in [4.69, 9.17) is 23.2 Å². The Balaban J connectivity index is 1.85. The number of carbonyl (C=O) groups is 2. The number of hydrogen-bond donors (Lipinski definition) is 2. The third kappa shape index (κ3) is 5.72. The third-order valence-corrected chi connectivity index (χ3v) is 5.23. The Morgan fingerprint density at radius 3 is 2.28 bits per heavy atom. The van der Waals surface area contributed by atoms with E-state index in [1.165, 1.54) is 6.07 Å². The molecule has 0 bridgehead atoms. The van der Waals surface area contributed by atoms with Crippen molar-refractivity contribution in [2.45, 2.75) is 46.5 Å². The van der Waals surface area contributed by atoms with Crippen LogP contribution in [0.25, 0.3) is 0 Å². The molecule has 0 unspecified atom stereocenters. The van der Waals surface area contributed by atoms with Crippen molar-refractivity contribution in [3.8, 4) is 0 Å². The summed E-state index contributed by atoms with van der Waals surface area (Å²) in [5, 5.41) is 7.24. The van der Waals surface area contributed by atoms with Gasteiger partial charge in [-0.15, -0.1) is 0 Å². The predicted molar refractivity (Wildman–Crippen MR) is 102 cm³/mol. The number of anilines is 1. The molecule has 1 aromatic rings. The molecule has 2 rings (SSSR count). The average Bonchev–Trinajstić information content (AvgIpc) is 2.55. The van der Waals surface area contributed by atoms with Crippen molar-refractivity contribution in [2.75, 3.05) is 5.32 Å². The molecule has 0 aromatic heterocycles. The molecule has 1 saturated carbocycles. The molecule has 1 aliphatic rings. The van der Waals surface area contributed by atoms with Gasteiger partial charge in [0.1, 0.15) is 0 Å². The SMILES string of the molecule is CC(C)(C)C1CCC(=NNC(=O)C(=O)Nc2ccc(Cl)c(Cl)c2)CC1. The molecule has 7 heteroatoms. The largest absolute Gasteiger partial charge is 0.329 e. The Hall–Kier alpha value is -1.59. The van der Waals surface area contributed by atoms with Crippen molar-refractivity contribution < 1.29 is 9.59 Å². The molecule has 0 saturated heterocycles. The van der Waals surface area contributed by atoms with E-state index < -0.39 is 11.8 Å². The van der Waals surface area contributed by atoms with Gasteiger partial charge < -0.3 is 5.32 Å². The molecule has 136 valence electrons. The number of benzene rings is 1. The first-order valence-electron chi connectivity index (χ1n) is 8.28. The fourth-order valence-electron chi connectivity index (χ4n) is 2.87. The standard InChI is InChI=1S/C18H23Cl2N3O2/c1-18(2,3)11-4-6-12(7-5-11)22-23-17(25)16(24)21-13-8-9-14(19)15(20)10-13/h8-11H,4-7H2,1-3H3,(H,21,24)(H,23,25). The summed E-state index contributed by atoms with van der Waals surface area (Å²) in [5.41, 5.74) is 3.94. The third-order valence-electron chi connectivity index (χ3n) is 4.49. The number of nitrogens with zero attached hydrogens (tertiary/aromatic N) is 1. The summed E-state index contributed by atoms with van der Waals surface area (Å²) in [4.78, 5) is 23.8. The van der Waals surface area contributed by atoms with Crippen LogP contribution in [-0.4, -0.2) is 17.5 Å². The van der Waals surface area contributed by atoms with E-state index in [0.717, 1.165) is 31.4 Å². The first kappa shape index (κ1) is 19.7. The second kappa shape index (κ2) is 8.19. The Morgan fingerprint density at radius 2 is 1.72 bits per heavy atom. The fraction of sp³-hybridized carbons (Fsp3) is 0.500. The smallest absolute Gasteiger partial charge is 0.318 e. The highest BCUT2D eigenvalue weighted by molar-refractivity contribution is 6.42. The molecule has 1 aliphatic carbocycles. The topological polar surface area (TPSA) is 70.6 Å². The van der Waals surface area contributed by atoms with Gasteiger partial charge in [0.05, 0.1) is 10.0 Å². The first-order chi connectivity index (χ1) is 11.7. The number of hydrazone groups is 1. The lowest BCUT2D eigenvalue weighted by atomic mass is 9.72. The van der Waals surface area contributed by atoms with Gasteiger partial charge in [0.25, 0.3) is 0 Å². The second-order valence-corrected chi connectivity index (χ2v) is 8.16. The van der Waals surface area contributed by atoms with Crippen molar-refractivity contribution in [3.05, 3.63) is 28.2 Å². The van der Waals surface area contributed by atoms with Crippen LogP contribution in [0.5, 0.6) is 0 Å². The van der Waals surface area contributed by atoms with Crippen LogP contribution >= 0.6 is 23.2 Å². The van der Waals surface area contributed by atoms with Crippen LogP contribution in [0.2, 0.25) is 10.0 Å². The monoisotopic (exact) mass is 383 g/mol. The molecule has 25 heavy (non-hydrogen) atoms. The number of rotatable bonds is 2. The molecule has 0 heterocycles. The zero-order chi connectivity index (χ0) is 18.6. The normalized spacial score (nSPS) is 17.8. The Morgan fingerprint density at radius 1 is 1.08 bits per heavy atom. The van der Waals surface area contributed by atoms with Gasteiger partial charge in [0.15, 0.2) is 0 Å². The van der Waals surface area contributed by atoms with Gasteiger partial charge in [-0.3, -0.25) is 9.59 Å². The highest BCUT2D eigenvalue weighted by Gasteiger charge is 2.28. The maximum Gasteiger partial charge on any atom is 0.329 e. The van der Waals surface area contributed by atoms with E-state index in [1.54, 1.807) is 12.1 Å². The van der Waals surface area contributed by atoms with E-state index >= 15 is 0 Å². The number of nitrogens with one attached hydrogen (secondary N) is 2. The second-order valence-electron chi connectivity index (χ2n) is 7.34. The molecule has 0 radical (unpaired) electrons. The molecule has 1 aromatic carbocycles. The number of carbonyl (C=O) groups excluding carboxylic acids is 2. The summed E-state index contributed by atoms with van der Waals surface area (Å²) >= 11 is 11.7. The van der Waals surface area contributed by atoms with Crippen LogP contribution in [0.15, 0.2) is 23.3 Å². The maximum absolute atomic E-state index is 11.9. The maximum atomic E-state index is 11.9. The summed E-state index contributed by atoms with van der Waals surface area (Å²) < 4.78 is 0. The molecule has 0 spiro atoms. The van der Waals surface area contributed by atoms with Crippen molar-refractivity contribution in [3.63, 3.8) is 0 Å². The summed E-state index contributed by atoms with van der Waals surface area (Å²) in [6, 6.07) is 4.60.